The molecular weight excluding hydrogens is 436 g/mol. The normalized spacial score (nSPS) is 17.1. The first-order valence-corrected chi connectivity index (χ1v) is 12.3. The van der Waals surface area contributed by atoms with Crippen LogP contribution >= 0.6 is 11.6 Å². The van der Waals surface area contributed by atoms with Crippen LogP contribution in [-0.2, 0) is 10.0 Å². The van der Waals surface area contributed by atoms with Crippen LogP contribution in [0.1, 0.15) is 48.9 Å². The molecule has 1 atom stereocenters. The minimum Gasteiger partial charge on any atom is -0.342 e. The van der Waals surface area contributed by atoms with Crippen molar-refractivity contribution in [2.75, 3.05) is 16.6 Å². The molecule has 3 aromatic rings. The van der Waals surface area contributed by atoms with Gasteiger partial charge in [0.25, 0.3) is 5.91 Å². The van der Waals surface area contributed by atoms with Gasteiger partial charge in [0.1, 0.15) is 5.82 Å². The van der Waals surface area contributed by atoms with Gasteiger partial charge in [-0.15, -0.1) is 0 Å². The number of sulfonamides is 1. The molecule has 1 fully saturated rings. The minimum absolute atomic E-state index is 0.0822. The fourth-order valence-electron chi connectivity index (χ4n) is 3.80. The van der Waals surface area contributed by atoms with E-state index in [0.29, 0.717) is 35.1 Å². The van der Waals surface area contributed by atoms with Gasteiger partial charge in [0.05, 0.1) is 33.5 Å². The number of imidazole rings is 1. The summed E-state index contributed by atoms with van der Waals surface area (Å²) in [5, 5.41) is 3.34. The summed E-state index contributed by atoms with van der Waals surface area (Å²) in [5.74, 6) is 0.531. The molecule has 1 aromatic heterocycles. The van der Waals surface area contributed by atoms with Crippen molar-refractivity contribution in [2.24, 2.45) is 5.92 Å². The number of halogens is 1. The summed E-state index contributed by atoms with van der Waals surface area (Å²) in [5.41, 5.74) is 2.43. The van der Waals surface area contributed by atoms with Gasteiger partial charge in [-0.3, -0.25) is 9.10 Å². The Morgan fingerprint density at radius 2 is 1.97 bits per heavy atom. The van der Waals surface area contributed by atoms with E-state index in [4.69, 9.17) is 11.6 Å². The zero-order valence-electron chi connectivity index (χ0n) is 17.4. The number of carbonyl (C=O) groups excluding carboxylic acids is 1. The van der Waals surface area contributed by atoms with Crippen molar-refractivity contribution in [3.63, 3.8) is 0 Å². The predicted octanol–water partition coefficient (Wildman–Crippen LogP) is 4.27. The first-order valence-electron chi connectivity index (χ1n) is 10.3. The molecule has 0 bridgehead atoms. The molecule has 0 spiro atoms. The van der Waals surface area contributed by atoms with Gasteiger partial charge in [-0.2, -0.15) is 0 Å². The molecule has 2 N–H and O–H groups in total. The zero-order chi connectivity index (χ0) is 22.2. The van der Waals surface area contributed by atoms with Crippen LogP contribution in [0, 0.1) is 5.92 Å². The number of amides is 1. The number of hydrogen-bond donors (Lipinski definition) is 2. The summed E-state index contributed by atoms with van der Waals surface area (Å²) >= 11 is 6.31. The van der Waals surface area contributed by atoms with Crippen LogP contribution in [0.15, 0.2) is 42.5 Å². The number of para-hydroxylation sites is 2. The molecule has 1 aliphatic rings. The van der Waals surface area contributed by atoms with Gasteiger partial charge in [-0.1, -0.05) is 37.6 Å². The number of rotatable bonds is 5. The van der Waals surface area contributed by atoms with E-state index in [9.17, 15) is 13.2 Å². The Bertz CT molecular complexity index is 1190. The lowest BCUT2D eigenvalue weighted by Crippen LogP contribution is -2.38. The smallest absolute Gasteiger partial charge is 0.251 e. The van der Waals surface area contributed by atoms with E-state index >= 15 is 0 Å². The van der Waals surface area contributed by atoms with Crippen molar-refractivity contribution in [1.29, 1.82) is 0 Å². The molecule has 1 saturated heterocycles. The first-order chi connectivity index (χ1) is 14.8. The average Bonchev–Trinajstić information content (AvgIpc) is 3.15. The largest absolute Gasteiger partial charge is 0.342 e. The number of aromatic nitrogens is 2. The molecule has 9 heteroatoms. The third kappa shape index (κ3) is 4.41. The van der Waals surface area contributed by atoms with Crippen LogP contribution in [0.3, 0.4) is 0 Å². The number of benzene rings is 2. The van der Waals surface area contributed by atoms with Crippen molar-refractivity contribution in [3.8, 4) is 0 Å². The molecule has 7 nitrogen and oxygen atoms in total. The molecule has 1 aliphatic heterocycles. The number of nitrogens with zero attached hydrogens (tertiary/aromatic N) is 2. The molecular formula is C22H25ClN4O3S. The van der Waals surface area contributed by atoms with Gasteiger partial charge in [0.15, 0.2) is 0 Å². The standard InChI is InChI=1S/C22H25ClN4O3S/c1-14(2)20(21-24-17-7-3-4-8-18(17)25-21)26-22(28)15-9-10-16(23)19(13-15)27-11-5-6-12-31(27,29)30/h3-4,7-10,13-14,20H,5-6,11-12H2,1-2H3,(H,24,25)(H,26,28). The van der Waals surface area contributed by atoms with Crippen LogP contribution in [0.25, 0.3) is 11.0 Å². The monoisotopic (exact) mass is 460 g/mol. The van der Waals surface area contributed by atoms with Gasteiger partial charge in [-0.05, 0) is 49.1 Å². The van der Waals surface area contributed by atoms with E-state index in [-0.39, 0.29) is 23.6 Å². The average molecular weight is 461 g/mol. The van der Waals surface area contributed by atoms with E-state index in [0.717, 1.165) is 17.5 Å². The van der Waals surface area contributed by atoms with Gasteiger partial charge < -0.3 is 10.3 Å². The molecule has 2 heterocycles. The maximum absolute atomic E-state index is 13.1. The highest BCUT2D eigenvalue weighted by Crippen LogP contribution is 2.32. The Labute approximate surface area is 186 Å². The summed E-state index contributed by atoms with van der Waals surface area (Å²) in [6.45, 7) is 4.37. The molecule has 31 heavy (non-hydrogen) atoms. The summed E-state index contributed by atoms with van der Waals surface area (Å²) in [6, 6.07) is 12.1. The molecule has 0 radical (unpaired) electrons. The number of fused-ring (bicyclic) bond motifs is 1. The molecule has 1 unspecified atom stereocenters. The van der Waals surface area contributed by atoms with Crippen LogP contribution < -0.4 is 9.62 Å². The number of anilines is 1. The molecule has 164 valence electrons. The molecule has 2 aromatic carbocycles. The fourth-order valence-corrected chi connectivity index (χ4v) is 5.72. The van der Waals surface area contributed by atoms with E-state index in [1.54, 1.807) is 18.2 Å². The SMILES string of the molecule is CC(C)C(NC(=O)c1ccc(Cl)c(N2CCCCS2(=O)=O)c1)c1nc2ccccc2[nH]1. The van der Waals surface area contributed by atoms with Crippen molar-refractivity contribution in [2.45, 2.75) is 32.7 Å². The Morgan fingerprint density at radius 3 is 2.68 bits per heavy atom. The summed E-state index contributed by atoms with van der Waals surface area (Å²) in [4.78, 5) is 21.0. The van der Waals surface area contributed by atoms with Crippen LogP contribution in [0.5, 0.6) is 0 Å². The van der Waals surface area contributed by atoms with E-state index < -0.39 is 10.0 Å². The number of nitrogens with one attached hydrogen (secondary N) is 2. The summed E-state index contributed by atoms with van der Waals surface area (Å²) < 4.78 is 26.3. The van der Waals surface area contributed by atoms with E-state index in [1.165, 1.54) is 4.31 Å². The number of carbonyl (C=O) groups is 1. The molecule has 1 amide bonds. The maximum Gasteiger partial charge on any atom is 0.251 e. The lowest BCUT2D eigenvalue weighted by atomic mass is 10.0. The Hall–Kier alpha value is -2.58. The topological polar surface area (TPSA) is 95.2 Å². The Balaban J connectivity index is 1.62. The predicted molar refractivity (Wildman–Crippen MR) is 123 cm³/mol. The second-order valence-electron chi connectivity index (χ2n) is 8.10. The molecule has 4 rings (SSSR count). The lowest BCUT2D eigenvalue weighted by molar-refractivity contribution is 0.0923. The van der Waals surface area contributed by atoms with Gasteiger partial charge in [-0.25, -0.2) is 13.4 Å². The van der Waals surface area contributed by atoms with Crippen molar-refractivity contribution >= 4 is 44.3 Å². The van der Waals surface area contributed by atoms with Crippen molar-refractivity contribution < 1.29 is 13.2 Å². The van der Waals surface area contributed by atoms with E-state index in [2.05, 4.69) is 15.3 Å². The second kappa shape index (κ2) is 8.51. The highest BCUT2D eigenvalue weighted by molar-refractivity contribution is 7.92. The first kappa shape index (κ1) is 21.6. The lowest BCUT2D eigenvalue weighted by Gasteiger charge is -2.29. The second-order valence-corrected chi connectivity index (χ2v) is 10.5. The Kier molecular flexibility index (Phi) is 5.94. The van der Waals surface area contributed by atoms with Crippen LogP contribution in [0.2, 0.25) is 5.02 Å². The number of H-pyrrole nitrogens is 1. The fraction of sp³-hybridized carbons (Fsp3) is 0.364. The minimum atomic E-state index is -3.43. The van der Waals surface area contributed by atoms with Gasteiger partial charge >= 0.3 is 0 Å². The maximum atomic E-state index is 13.1. The number of hydrogen-bond acceptors (Lipinski definition) is 4. The zero-order valence-corrected chi connectivity index (χ0v) is 19.0. The van der Waals surface area contributed by atoms with Crippen molar-refractivity contribution in [3.05, 3.63) is 58.9 Å². The van der Waals surface area contributed by atoms with Crippen molar-refractivity contribution in [1.82, 2.24) is 15.3 Å². The molecule has 0 saturated carbocycles. The molecule has 0 aliphatic carbocycles. The Morgan fingerprint density at radius 1 is 1.19 bits per heavy atom. The van der Waals surface area contributed by atoms with E-state index in [1.807, 2.05) is 38.1 Å². The van der Waals surface area contributed by atoms with Crippen LogP contribution in [0.4, 0.5) is 5.69 Å². The van der Waals surface area contributed by atoms with Crippen LogP contribution in [-0.4, -0.2) is 36.6 Å². The van der Waals surface area contributed by atoms with Gasteiger partial charge in [0.2, 0.25) is 10.0 Å². The third-order valence-corrected chi connectivity index (χ3v) is 7.66. The number of aromatic amines is 1. The highest BCUT2D eigenvalue weighted by atomic mass is 35.5. The third-order valence-electron chi connectivity index (χ3n) is 5.48. The highest BCUT2D eigenvalue weighted by Gasteiger charge is 2.29. The quantitative estimate of drug-likeness (QED) is 0.594. The van der Waals surface area contributed by atoms with Gasteiger partial charge in [0, 0.05) is 12.1 Å². The summed E-state index contributed by atoms with van der Waals surface area (Å²) in [6.07, 6.45) is 1.39. The summed E-state index contributed by atoms with van der Waals surface area (Å²) in [7, 11) is -3.43.